The average Bonchev–Trinajstić information content (AvgIpc) is 2.20. The molecule has 0 saturated heterocycles. The van der Waals surface area contributed by atoms with E-state index in [1.165, 1.54) is 12.1 Å². The summed E-state index contributed by atoms with van der Waals surface area (Å²) in [6.45, 7) is 0.588. The minimum Gasteiger partial charge on any atom is -0.383 e. The van der Waals surface area contributed by atoms with Gasteiger partial charge in [0.15, 0.2) is 0 Å². The first kappa shape index (κ1) is 11.4. The Balaban J connectivity index is 2.35. The third-order valence-corrected chi connectivity index (χ3v) is 1.96. The molecule has 0 heterocycles. The molecule has 0 radical (unpaired) electrons. The quantitative estimate of drug-likeness (QED) is 0.758. The van der Waals surface area contributed by atoms with E-state index in [1.807, 2.05) is 6.07 Å². The molecule has 0 aromatic heterocycles. The second kappa shape index (κ2) is 5.97. The summed E-state index contributed by atoms with van der Waals surface area (Å²) in [6.07, 6.45) is 2.09. The number of rotatable bonds is 5. The van der Waals surface area contributed by atoms with Crippen LogP contribution in [0.25, 0.3) is 0 Å². The summed E-state index contributed by atoms with van der Waals surface area (Å²) in [4.78, 5) is 0. The summed E-state index contributed by atoms with van der Waals surface area (Å²) in [5.41, 5.74) is 0.299. The molecule has 0 fully saturated rings. The molecule has 0 amide bonds. The van der Waals surface area contributed by atoms with E-state index in [4.69, 9.17) is 5.26 Å². The molecule has 0 unspecified atom stereocenters. The van der Waals surface area contributed by atoms with Crippen molar-refractivity contribution < 1.29 is 8.78 Å². The number of hydrogen-bond acceptors (Lipinski definition) is 2. The molecule has 1 aromatic rings. The highest BCUT2D eigenvalue weighted by Crippen LogP contribution is 2.14. The smallest absolute Gasteiger partial charge is 0.149 e. The first-order chi connectivity index (χ1) is 7.24. The number of anilines is 1. The summed E-state index contributed by atoms with van der Waals surface area (Å²) in [6, 6.07) is 5.46. The summed E-state index contributed by atoms with van der Waals surface area (Å²) in [5, 5.41) is 11.1. The third-order valence-electron chi connectivity index (χ3n) is 1.96. The van der Waals surface area contributed by atoms with Crippen LogP contribution in [0.4, 0.5) is 14.5 Å². The molecule has 0 aliphatic rings. The Morgan fingerprint density at radius 3 is 2.73 bits per heavy atom. The highest BCUT2D eigenvalue weighted by molar-refractivity contribution is 5.44. The second-order valence-corrected chi connectivity index (χ2v) is 3.17. The number of halogens is 2. The molecule has 80 valence electrons. The van der Waals surface area contributed by atoms with Gasteiger partial charge >= 0.3 is 0 Å². The van der Waals surface area contributed by atoms with Crippen LogP contribution in [0.15, 0.2) is 18.2 Å². The van der Waals surface area contributed by atoms with Crippen molar-refractivity contribution in [3.63, 3.8) is 0 Å². The molecule has 0 atom stereocenters. The van der Waals surface area contributed by atoms with E-state index in [9.17, 15) is 8.78 Å². The number of hydrogen-bond donors (Lipinski definition) is 1. The van der Waals surface area contributed by atoms with E-state index in [0.29, 0.717) is 18.7 Å². The van der Waals surface area contributed by atoms with Crippen molar-refractivity contribution in [2.45, 2.75) is 19.3 Å². The molecule has 1 rings (SSSR count). The SMILES string of the molecule is N#CCCCCNc1ccc(F)cc1F. The molecule has 0 spiro atoms. The van der Waals surface area contributed by atoms with E-state index in [-0.39, 0.29) is 0 Å². The van der Waals surface area contributed by atoms with Crippen LogP contribution < -0.4 is 5.32 Å². The molecule has 0 aliphatic carbocycles. The number of nitrogens with zero attached hydrogens (tertiary/aromatic N) is 1. The van der Waals surface area contributed by atoms with Gasteiger partial charge in [-0.15, -0.1) is 0 Å². The van der Waals surface area contributed by atoms with E-state index in [0.717, 1.165) is 18.9 Å². The highest BCUT2D eigenvalue weighted by atomic mass is 19.1. The van der Waals surface area contributed by atoms with E-state index < -0.39 is 11.6 Å². The van der Waals surface area contributed by atoms with E-state index in [2.05, 4.69) is 5.32 Å². The zero-order valence-electron chi connectivity index (χ0n) is 8.26. The normalized spacial score (nSPS) is 9.67. The Morgan fingerprint density at radius 2 is 2.07 bits per heavy atom. The van der Waals surface area contributed by atoms with Gasteiger partial charge in [-0.2, -0.15) is 5.26 Å². The summed E-state index contributed by atoms with van der Waals surface area (Å²) in [5.74, 6) is -1.17. The molecule has 1 aromatic carbocycles. The van der Waals surface area contributed by atoms with Gasteiger partial charge < -0.3 is 5.32 Å². The van der Waals surface area contributed by atoms with E-state index >= 15 is 0 Å². The van der Waals surface area contributed by atoms with Crippen molar-refractivity contribution in [2.24, 2.45) is 0 Å². The lowest BCUT2D eigenvalue weighted by molar-refractivity contribution is 0.584. The van der Waals surface area contributed by atoms with Crippen molar-refractivity contribution in [3.05, 3.63) is 29.8 Å². The molecule has 0 bridgehead atoms. The van der Waals surface area contributed by atoms with Gasteiger partial charge in [0, 0.05) is 19.0 Å². The van der Waals surface area contributed by atoms with Gasteiger partial charge in [-0.25, -0.2) is 8.78 Å². The van der Waals surface area contributed by atoms with Gasteiger partial charge in [-0.05, 0) is 25.0 Å². The van der Waals surface area contributed by atoms with Crippen molar-refractivity contribution in [1.82, 2.24) is 0 Å². The molecule has 15 heavy (non-hydrogen) atoms. The zero-order valence-corrected chi connectivity index (χ0v) is 8.26. The predicted octanol–water partition coefficient (Wildman–Crippen LogP) is 3.07. The Bertz CT molecular complexity index is 358. The fraction of sp³-hybridized carbons (Fsp3) is 0.364. The minimum absolute atomic E-state index is 0.299. The van der Waals surface area contributed by atoms with Crippen LogP contribution in [-0.4, -0.2) is 6.54 Å². The highest BCUT2D eigenvalue weighted by Gasteiger charge is 2.01. The minimum atomic E-state index is -0.588. The Hall–Kier alpha value is -1.63. The van der Waals surface area contributed by atoms with Gasteiger partial charge in [-0.1, -0.05) is 0 Å². The molecular weight excluding hydrogens is 198 g/mol. The molecule has 4 heteroatoms. The van der Waals surface area contributed by atoms with Crippen molar-refractivity contribution in [3.8, 4) is 6.07 Å². The number of benzene rings is 1. The molecular formula is C11H12F2N2. The van der Waals surface area contributed by atoms with Crippen molar-refractivity contribution >= 4 is 5.69 Å². The van der Waals surface area contributed by atoms with Crippen LogP contribution in [0.1, 0.15) is 19.3 Å². The summed E-state index contributed by atoms with van der Waals surface area (Å²) >= 11 is 0. The summed E-state index contributed by atoms with van der Waals surface area (Å²) < 4.78 is 25.6. The lowest BCUT2D eigenvalue weighted by atomic mass is 10.2. The fourth-order valence-corrected chi connectivity index (χ4v) is 1.18. The monoisotopic (exact) mass is 210 g/mol. The topological polar surface area (TPSA) is 35.8 Å². The first-order valence-corrected chi connectivity index (χ1v) is 4.80. The number of nitrogens with one attached hydrogen (secondary N) is 1. The fourth-order valence-electron chi connectivity index (χ4n) is 1.18. The average molecular weight is 210 g/mol. The predicted molar refractivity (Wildman–Crippen MR) is 54.3 cm³/mol. The van der Waals surface area contributed by atoms with E-state index in [1.54, 1.807) is 0 Å². The Labute approximate surface area is 87.5 Å². The molecule has 1 N–H and O–H groups in total. The summed E-state index contributed by atoms with van der Waals surface area (Å²) in [7, 11) is 0. The lowest BCUT2D eigenvalue weighted by Crippen LogP contribution is -2.03. The third kappa shape index (κ3) is 3.94. The maximum Gasteiger partial charge on any atom is 0.149 e. The van der Waals surface area contributed by atoms with Crippen molar-refractivity contribution in [2.75, 3.05) is 11.9 Å². The molecule has 0 aliphatic heterocycles. The largest absolute Gasteiger partial charge is 0.383 e. The standard InChI is InChI=1S/C11H12F2N2/c12-9-4-5-11(10(13)8-9)15-7-3-1-2-6-14/h4-5,8,15H,1-3,7H2. The maximum absolute atomic E-state index is 13.1. The van der Waals surface area contributed by atoms with Gasteiger partial charge in [0.2, 0.25) is 0 Å². The van der Waals surface area contributed by atoms with Crippen LogP contribution in [-0.2, 0) is 0 Å². The van der Waals surface area contributed by atoms with Crippen LogP contribution in [0.5, 0.6) is 0 Å². The zero-order chi connectivity index (χ0) is 11.1. The first-order valence-electron chi connectivity index (χ1n) is 4.80. The Kier molecular flexibility index (Phi) is 4.55. The van der Waals surface area contributed by atoms with Gasteiger partial charge in [-0.3, -0.25) is 0 Å². The van der Waals surface area contributed by atoms with Gasteiger partial charge in [0.25, 0.3) is 0 Å². The van der Waals surface area contributed by atoms with Gasteiger partial charge in [0.1, 0.15) is 11.6 Å². The van der Waals surface area contributed by atoms with Crippen LogP contribution >= 0.6 is 0 Å². The molecule has 2 nitrogen and oxygen atoms in total. The van der Waals surface area contributed by atoms with Crippen LogP contribution in [0.3, 0.4) is 0 Å². The second-order valence-electron chi connectivity index (χ2n) is 3.17. The molecule has 0 saturated carbocycles. The Morgan fingerprint density at radius 1 is 1.27 bits per heavy atom. The lowest BCUT2D eigenvalue weighted by Gasteiger charge is -2.06. The van der Waals surface area contributed by atoms with Gasteiger partial charge in [0.05, 0.1) is 11.8 Å². The number of unbranched alkanes of at least 4 members (excludes halogenated alkanes) is 2. The number of nitriles is 1. The van der Waals surface area contributed by atoms with Crippen LogP contribution in [0, 0.1) is 23.0 Å². The van der Waals surface area contributed by atoms with Crippen molar-refractivity contribution in [1.29, 1.82) is 5.26 Å². The maximum atomic E-state index is 13.1. The van der Waals surface area contributed by atoms with Crippen LogP contribution in [0.2, 0.25) is 0 Å².